The van der Waals surface area contributed by atoms with E-state index in [0.29, 0.717) is 6.04 Å². The molecule has 1 aliphatic carbocycles. The maximum atomic E-state index is 9.52. The van der Waals surface area contributed by atoms with Gasteiger partial charge in [0.15, 0.2) is 0 Å². The zero-order valence-corrected chi connectivity index (χ0v) is 10.2. The summed E-state index contributed by atoms with van der Waals surface area (Å²) in [5.74, 6) is 0. The summed E-state index contributed by atoms with van der Waals surface area (Å²) in [5.41, 5.74) is 0. The van der Waals surface area contributed by atoms with Crippen LogP contribution in [0.3, 0.4) is 0 Å². The Morgan fingerprint density at radius 2 is 2.33 bits per heavy atom. The number of hydrogen-bond donors (Lipinski definition) is 2. The van der Waals surface area contributed by atoms with Gasteiger partial charge in [-0.15, -0.1) is 11.3 Å². The van der Waals surface area contributed by atoms with Gasteiger partial charge in [0.25, 0.3) is 0 Å². The van der Waals surface area contributed by atoms with Crippen molar-refractivity contribution in [2.75, 3.05) is 0 Å². The maximum absolute atomic E-state index is 9.52. The standard InChI is InChI=1S/C11H16ClNOS/c12-11-5-4-10(15-11)7-13-8-2-1-3-9(14)6-8/h4-5,8-9,13-14H,1-3,6-7H2. The van der Waals surface area contributed by atoms with E-state index < -0.39 is 0 Å². The minimum Gasteiger partial charge on any atom is -0.393 e. The van der Waals surface area contributed by atoms with Gasteiger partial charge in [-0.2, -0.15) is 0 Å². The molecular weight excluding hydrogens is 230 g/mol. The highest BCUT2D eigenvalue weighted by Gasteiger charge is 2.19. The van der Waals surface area contributed by atoms with Crippen molar-refractivity contribution in [2.24, 2.45) is 0 Å². The van der Waals surface area contributed by atoms with Gasteiger partial charge in [-0.3, -0.25) is 0 Å². The van der Waals surface area contributed by atoms with Crippen molar-refractivity contribution < 1.29 is 5.11 Å². The van der Waals surface area contributed by atoms with E-state index in [1.54, 1.807) is 11.3 Å². The Morgan fingerprint density at radius 1 is 1.47 bits per heavy atom. The highest BCUT2D eigenvalue weighted by molar-refractivity contribution is 7.16. The summed E-state index contributed by atoms with van der Waals surface area (Å²) in [6.07, 6.45) is 4.05. The van der Waals surface area contributed by atoms with Gasteiger partial charge in [0.1, 0.15) is 0 Å². The lowest BCUT2D eigenvalue weighted by Gasteiger charge is -2.26. The molecule has 0 saturated heterocycles. The fourth-order valence-corrected chi connectivity index (χ4v) is 3.08. The number of halogens is 1. The Kier molecular flexibility index (Phi) is 4.03. The molecule has 0 bridgehead atoms. The molecule has 0 spiro atoms. The minimum atomic E-state index is -0.108. The molecule has 1 heterocycles. The molecule has 2 unspecified atom stereocenters. The van der Waals surface area contributed by atoms with Crippen LogP contribution in [0.5, 0.6) is 0 Å². The highest BCUT2D eigenvalue weighted by Crippen LogP contribution is 2.23. The number of thiophene rings is 1. The predicted molar refractivity (Wildman–Crippen MR) is 64.4 cm³/mol. The molecule has 2 N–H and O–H groups in total. The third-order valence-electron chi connectivity index (χ3n) is 2.84. The zero-order chi connectivity index (χ0) is 10.7. The summed E-state index contributed by atoms with van der Waals surface area (Å²) >= 11 is 7.47. The van der Waals surface area contributed by atoms with Crippen LogP contribution in [0.25, 0.3) is 0 Å². The molecule has 4 heteroatoms. The lowest BCUT2D eigenvalue weighted by atomic mass is 9.93. The van der Waals surface area contributed by atoms with Gasteiger partial charge in [-0.05, 0) is 37.8 Å². The summed E-state index contributed by atoms with van der Waals surface area (Å²) in [7, 11) is 0. The van der Waals surface area contributed by atoms with E-state index in [9.17, 15) is 5.11 Å². The summed E-state index contributed by atoms with van der Waals surface area (Å²) in [6.45, 7) is 0.870. The average Bonchev–Trinajstić information content (AvgIpc) is 2.62. The number of nitrogens with one attached hydrogen (secondary N) is 1. The Balaban J connectivity index is 1.77. The molecule has 1 aliphatic rings. The highest BCUT2D eigenvalue weighted by atomic mass is 35.5. The first-order chi connectivity index (χ1) is 7.24. The molecule has 0 aromatic carbocycles. The van der Waals surface area contributed by atoms with Crippen LogP contribution >= 0.6 is 22.9 Å². The van der Waals surface area contributed by atoms with Crippen LogP contribution in [0.15, 0.2) is 12.1 Å². The van der Waals surface area contributed by atoms with E-state index in [0.717, 1.165) is 30.1 Å². The van der Waals surface area contributed by atoms with Gasteiger partial charge in [-0.25, -0.2) is 0 Å². The first-order valence-corrected chi connectivity index (χ1v) is 6.59. The molecule has 2 atom stereocenters. The Labute approximate surface area is 99.3 Å². The van der Waals surface area contributed by atoms with Crippen LogP contribution in [0.1, 0.15) is 30.6 Å². The Hall–Kier alpha value is -0.0900. The second kappa shape index (κ2) is 5.30. The molecule has 0 aliphatic heterocycles. The molecule has 1 aromatic heterocycles. The Bertz CT molecular complexity index is 315. The third-order valence-corrected chi connectivity index (χ3v) is 4.07. The summed E-state index contributed by atoms with van der Waals surface area (Å²) in [6, 6.07) is 4.45. The molecule has 15 heavy (non-hydrogen) atoms. The van der Waals surface area contributed by atoms with Gasteiger partial charge in [0, 0.05) is 17.5 Å². The van der Waals surface area contributed by atoms with Crippen LogP contribution < -0.4 is 5.32 Å². The van der Waals surface area contributed by atoms with E-state index in [1.807, 2.05) is 6.07 Å². The van der Waals surface area contributed by atoms with Crippen molar-refractivity contribution in [3.05, 3.63) is 21.3 Å². The normalized spacial score (nSPS) is 26.8. The molecule has 84 valence electrons. The van der Waals surface area contributed by atoms with Crippen molar-refractivity contribution in [1.82, 2.24) is 5.32 Å². The van der Waals surface area contributed by atoms with Crippen LogP contribution in [0.4, 0.5) is 0 Å². The van der Waals surface area contributed by atoms with Crippen LogP contribution in [-0.4, -0.2) is 17.3 Å². The molecule has 1 fully saturated rings. The quantitative estimate of drug-likeness (QED) is 0.859. The lowest BCUT2D eigenvalue weighted by molar-refractivity contribution is 0.111. The first kappa shape index (κ1) is 11.4. The Morgan fingerprint density at radius 3 is 3.00 bits per heavy atom. The molecule has 1 aromatic rings. The van der Waals surface area contributed by atoms with Crippen molar-refractivity contribution in [1.29, 1.82) is 0 Å². The SMILES string of the molecule is OC1CCCC(NCc2ccc(Cl)s2)C1. The maximum Gasteiger partial charge on any atom is 0.0931 e. The monoisotopic (exact) mass is 245 g/mol. The topological polar surface area (TPSA) is 32.3 Å². The second-order valence-electron chi connectivity index (χ2n) is 4.10. The van der Waals surface area contributed by atoms with Crippen molar-refractivity contribution in [3.8, 4) is 0 Å². The van der Waals surface area contributed by atoms with Crippen molar-refractivity contribution >= 4 is 22.9 Å². The van der Waals surface area contributed by atoms with Gasteiger partial charge in [-0.1, -0.05) is 11.6 Å². The molecule has 1 saturated carbocycles. The lowest BCUT2D eigenvalue weighted by Crippen LogP contribution is -2.35. The second-order valence-corrected chi connectivity index (χ2v) is 5.90. The van der Waals surface area contributed by atoms with E-state index in [1.165, 1.54) is 11.3 Å². The van der Waals surface area contributed by atoms with Gasteiger partial charge in [0.05, 0.1) is 10.4 Å². The summed E-state index contributed by atoms with van der Waals surface area (Å²) in [4.78, 5) is 1.26. The van der Waals surface area contributed by atoms with E-state index >= 15 is 0 Å². The minimum absolute atomic E-state index is 0.108. The van der Waals surface area contributed by atoms with Gasteiger partial charge >= 0.3 is 0 Å². The average molecular weight is 246 g/mol. The van der Waals surface area contributed by atoms with Crippen LogP contribution in [0, 0.1) is 0 Å². The molecule has 0 amide bonds. The summed E-state index contributed by atoms with van der Waals surface area (Å²) in [5, 5.41) is 13.0. The number of aliphatic hydroxyl groups excluding tert-OH is 1. The fraction of sp³-hybridized carbons (Fsp3) is 0.636. The van der Waals surface area contributed by atoms with E-state index in [2.05, 4.69) is 11.4 Å². The summed E-state index contributed by atoms with van der Waals surface area (Å²) < 4.78 is 0.843. The smallest absolute Gasteiger partial charge is 0.0931 e. The van der Waals surface area contributed by atoms with Gasteiger partial charge < -0.3 is 10.4 Å². The third kappa shape index (κ3) is 3.45. The van der Waals surface area contributed by atoms with E-state index in [-0.39, 0.29) is 6.10 Å². The van der Waals surface area contributed by atoms with Crippen LogP contribution in [-0.2, 0) is 6.54 Å². The molecule has 2 nitrogen and oxygen atoms in total. The number of hydrogen-bond acceptors (Lipinski definition) is 3. The van der Waals surface area contributed by atoms with Crippen molar-refractivity contribution in [2.45, 2.75) is 44.4 Å². The fourth-order valence-electron chi connectivity index (χ4n) is 2.04. The van der Waals surface area contributed by atoms with E-state index in [4.69, 9.17) is 11.6 Å². The number of rotatable bonds is 3. The van der Waals surface area contributed by atoms with Crippen molar-refractivity contribution in [3.63, 3.8) is 0 Å². The molecular formula is C11H16ClNOS. The largest absolute Gasteiger partial charge is 0.393 e. The first-order valence-electron chi connectivity index (χ1n) is 5.39. The molecule has 0 radical (unpaired) electrons. The predicted octanol–water partition coefficient (Wildman–Crippen LogP) is 2.79. The van der Waals surface area contributed by atoms with Crippen LogP contribution in [0.2, 0.25) is 4.34 Å². The number of aliphatic hydroxyl groups is 1. The van der Waals surface area contributed by atoms with Gasteiger partial charge in [0.2, 0.25) is 0 Å². The molecule has 2 rings (SSSR count). The zero-order valence-electron chi connectivity index (χ0n) is 8.58.